The Morgan fingerprint density at radius 3 is 1.95 bits per heavy atom. The van der Waals surface area contributed by atoms with Crippen LogP contribution in [-0.2, 0) is 6.67 Å². The van der Waals surface area contributed by atoms with Gasteiger partial charge in [-0.15, -0.1) is 22.7 Å². The highest BCUT2D eigenvalue weighted by Gasteiger charge is 2.23. The van der Waals surface area contributed by atoms with Gasteiger partial charge in [-0.2, -0.15) is 0 Å². The van der Waals surface area contributed by atoms with Crippen LogP contribution >= 0.6 is 22.7 Å². The van der Waals surface area contributed by atoms with Gasteiger partial charge in [0, 0.05) is 63.2 Å². The molecule has 3 heterocycles. The second-order valence-corrected chi connectivity index (χ2v) is 13.0. The van der Waals surface area contributed by atoms with Gasteiger partial charge in [0.05, 0.1) is 21.4 Å². The van der Waals surface area contributed by atoms with Crippen molar-refractivity contribution in [2.75, 3.05) is 5.73 Å². The van der Waals surface area contributed by atoms with E-state index in [2.05, 4.69) is 108 Å². The number of fused-ring (bicyclic) bond motifs is 12. The van der Waals surface area contributed by atoms with Gasteiger partial charge in [0.25, 0.3) is 0 Å². The molecule has 0 fully saturated rings. The van der Waals surface area contributed by atoms with Gasteiger partial charge in [0.2, 0.25) is 0 Å². The summed E-state index contributed by atoms with van der Waals surface area (Å²) in [5, 5.41) is 7.93. The molecular formula is C38H25N3S2. The van der Waals surface area contributed by atoms with Gasteiger partial charge < -0.3 is 10.3 Å². The molecule has 0 saturated carbocycles. The molecule has 3 aromatic heterocycles. The highest BCUT2D eigenvalue weighted by Crippen LogP contribution is 2.51. The van der Waals surface area contributed by atoms with E-state index in [9.17, 15) is 0 Å². The molecule has 0 spiro atoms. The first-order chi connectivity index (χ1) is 21.3. The van der Waals surface area contributed by atoms with Crippen LogP contribution in [0.5, 0.6) is 0 Å². The van der Waals surface area contributed by atoms with Gasteiger partial charge in [-0.25, -0.2) is 0 Å². The quantitative estimate of drug-likeness (QED) is 0.162. The first kappa shape index (κ1) is 24.6. The molecule has 0 aliphatic heterocycles. The van der Waals surface area contributed by atoms with E-state index in [1.54, 1.807) is 0 Å². The number of nitrogens with two attached hydrogens (primary N) is 1. The highest BCUT2D eigenvalue weighted by molar-refractivity contribution is 7.30. The molecule has 9 aromatic rings. The van der Waals surface area contributed by atoms with Crippen LogP contribution in [0.3, 0.4) is 0 Å². The molecule has 0 bridgehead atoms. The molecule has 0 atom stereocenters. The molecule has 6 aromatic carbocycles. The van der Waals surface area contributed by atoms with Crippen LogP contribution in [0.4, 0.5) is 5.69 Å². The van der Waals surface area contributed by atoms with Crippen molar-refractivity contribution in [1.82, 2.24) is 4.57 Å². The highest BCUT2D eigenvalue weighted by atomic mass is 32.1. The fourth-order valence-corrected chi connectivity index (χ4v) is 9.24. The minimum absolute atomic E-state index is 0.472. The van der Waals surface area contributed by atoms with E-state index >= 15 is 0 Å². The Hall–Kier alpha value is -4.97. The molecule has 0 radical (unpaired) electrons. The molecule has 9 rings (SSSR count). The Labute approximate surface area is 255 Å². The average molecular weight is 588 g/mol. The van der Waals surface area contributed by atoms with Gasteiger partial charge in [-0.1, -0.05) is 103 Å². The van der Waals surface area contributed by atoms with Crippen molar-refractivity contribution in [2.24, 2.45) is 4.99 Å². The van der Waals surface area contributed by atoms with Crippen molar-refractivity contribution in [3.8, 4) is 0 Å². The maximum atomic E-state index is 6.52. The lowest BCUT2D eigenvalue weighted by Gasteiger charge is -2.12. The number of anilines is 1. The van der Waals surface area contributed by atoms with Crippen LogP contribution in [0.15, 0.2) is 132 Å². The number of nitrogen functional groups attached to an aromatic ring is 1. The van der Waals surface area contributed by atoms with Gasteiger partial charge in [0.1, 0.15) is 6.67 Å². The minimum atomic E-state index is 0.472. The molecule has 0 aliphatic carbocycles. The van der Waals surface area contributed by atoms with Crippen LogP contribution < -0.4 is 5.73 Å². The molecule has 204 valence electrons. The zero-order chi connectivity index (χ0) is 28.5. The van der Waals surface area contributed by atoms with Gasteiger partial charge in [-0.3, -0.25) is 4.99 Å². The standard InChI is InChI=1S/C38H25N3S2/c39-28-18-8-4-14-24(28)35(23-12-2-1-3-13-23)40-22-41-29-19-9-5-15-25(29)32-33-26-16-6-10-20-30(26)42-37(33)34-27-17-7-11-21-31(27)43-38(34)36(32)41/h1-21H,22,39H2/b40-35-. The maximum Gasteiger partial charge on any atom is 0.115 e. The number of para-hydroxylation sites is 2. The van der Waals surface area contributed by atoms with Crippen LogP contribution in [-0.4, -0.2) is 10.3 Å². The van der Waals surface area contributed by atoms with Crippen molar-refractivity contribution in [3.05, 3.63) is 139 Å². The summed E-state index contributed by atoms with van der Waals surface area (Å²) in [6, 6.07) is 44.9. The smallest absolute Gasteiger partial charge is 0.115 e. The van der Waals surface area contributed by atoms with Crippen molar-refractivity contribution in [1.29, 1.82) is 0 Å². The Morgan fingerprint density at radius 2 is 1.19 bits per heavy atom. The summed E-state index contributed by atoms with van der Waals surface area (Å²) in [4.78, 5) is 5.37. The largest absolute Gasteiger partial charge is 0.398 e. The topological polar surface area (TPSA) is 43.3 Å². The Bertz CT molecular complexity index is 2550. The third kappa shape index (κ3) is 3.62. The molecule has 0 aliphatic rings. The predicted octanol–water partition coefficient (Wildman–Crippen LogP) is 10.6. The first-order valence-electron chi connectivity index (χ1n) is 14.4. The summed E-state index contributed by atoms with van der Waals surface area (Å²) in [6.07, 6.45) is 0. The minimum Gasteiger partial charge on any atom is -0.398 e. The lowest BCUT2D eigenvalue weighted by molar-refractivity contribution is 0.795. The van der Waals surface area contributed by atoms with Crippen molar-refractivity contribution >= 4 is 96.2 Å². The van der Waals surface area contributed by atoms with E-state index in [1.165, 1.54) is 62.2 Å². The summed E-state index contributed by atoms with van der Waals surface area (Å²) in [5.74, 6) is 0. The van der Waals surface area contributed by atoms with Crippen LogP contribution in [0.2, 0.25) is 0 Å². The second-order valence-electron chi connectivity index (χ2n) is 10.9. The fraction of sp³-hybridized carbons (Fsp3) is 0.0263. The summed E-state index contributed by atoms with van der Waals surface area (Å²) in [5.41, 5.74) is 12.6. The molecule has 3 nitrogen and oxygen atoms in total. The molecule has 43 heavy (non-hydrogen) atoms. The third-order valence-electron chi connectivity index (χ3n) is 8.49. The molecule has 0 unspecified atom stereocenters. The van der Waals surface area contributed by atoms with Crippen molar-refractivity contribution in [2.45, 2.75) is 6.67 Å². The first-order valence-corrected chi connectivity index (χ1v) is 16.0. The summed E-state index contributed by atoms with van der Waals surface area (Å²) >= 11 is 3.81. The molecule has 2 N–H and O–H groups in total. The van der Waals surface area contributed by atoms with Crippen LogP contribution in [0.1, 0.15) is 11.1 Å². The van der Waals surface area contributed by atoms with E-state index in [-0.39, 0.29) is 0 Å². The SMILES string of the molecule is Nc1ccccc1/C(=N\Cn1c2ccccc2c2c3c4ccccc4sc3c3c4ccccc4sc3c21)c1ccccc1. The molecular weight excluding hydrogens is 563 g/mol. The Morgan fingerprint density at radius 1 is 0.581 bits per heavy atom. The van der Waals surface area contributed by atoms with Gasteiger partial charge in [-0.05, 0) is 24.3 Å². The number of aliphatic imine (C=N–C) groups is 1. The number of hydrogen-bond acceptors (Lipinski definition) is 4. The lowest BCUT2D eigenvalue weighted by Crippen LogP contribution is -2.09. The third-order valence-corrected chi connectivity index (χ3v) is 10.9. The number of aromatic nitrogens is 1. The number of nitrogens with zero attached hydrogens (tertiary/aromatic N) is 2. The van der Waals surface area contributed by atoms with E-state index < -0.39 is 0 Å². The zero-order valence-corrected chi connectivity index (χ0v) is 24.8. The lowest BCUT2D eigenvalue weighted by atomic mass is 10.0. The number of benzene rings is 6. The Balaban J connectivity index is 1.44. The second kappa shape index (κ2) is 9.53. The van der Waals surface area contributed by atoms with Gasteiger partial charge in [0.15, 0.2) is 0 Å². The number of hydrogen-bond donors (Lipinski definition) is 1. The predicted molar refractivity (Wildman–Crippen MR) is 188 cm³/mol. The van der Waals surface area contributed by atoms with Crippen molar-refractivity contribution < 1.29 is 0 Å². The number of rotatable bonds is 4. The maximum absolute atomic E-state index is 6.52. The fourth-order valence-electron chi connectivity index (χ4n) is 6.63. The van der Waals surface area contributed by atoms with Gasteiger partial charge >= 0.3 is 0 Å². The zero-order valence-electron chi connectivity index (χ0n) is 23.1. The monoisotopic (exact) mass is 587 g/mol. The van der Waals surface area contributed by atoms with Crippen LogP contribution in [0.25, 0.3) is 62.2 Å². The van der Waals surface area contributed by atoms with E-state index in [0.29, 0.717) is 6.67 Å². The summed E-state index contributed by atoms with van der Waals surface area (Å²) in [6.45, 7) is 0.472. The van der Waals surface area contributed by atoms with Crippen molar-refractivity contribution in [3.63, 3.8) is 0 Å². The average Bonchev–Trinajstić information content (AvgIpc) is 3.72. The molecule has 5 heteroatoms. The summed E-state index contributed by atoms with van der Waals surface area (Å²) < 4.78 is 7.75. The van der Waals surface area contributed by atoms with E-state index in [1.807, 2.05) is 46.9 Å². The van der Waals surface area contributed by atoms with E-state index in [4.69, 9.17) is 10.7 Å². The summed E-state index contributed by atoms with van der Waals surface area (Å²) in [7, 11) is 0. The number of thiophene rings is 2. The van der Waals surface area contributed by atoms with E-state index in [0.717, 1.165) is 22.5 Å². The molecule has 0 saturated heterocycles. The molecule has 0 amide bonds. The normalized spacial score (nSPS) is 12.5. The van der Waals surface area contributed by atoms with Crippen LogP contribution in [0, 0.1) is 0 Å². The Kier molecular flexibility index (Phi) is 5.45.